The van der Waals surface area contributed by atoms with Crippen LogP contribution in [0.1, 0.15) is 0 Å². The zero-order valence-electron chi connectivity index (χ0n) is 11.8. The predicted octanol–water partition coefficient (Wildman–Crippen LogP) is 1.88. The largest absolute Gasteiger partial charge is 0.373 e. The van der Waals surface area contributed by atoms with Crippen molar-refractivity contribution in [2.24, 2.45) is 7.05 Å². The minimum Gasteiger partial charge on any atom is -0.373 e. The van der Waals surface area contributed by atoms with Crippen LogP contribution in [0.2, 0.25) is 0 Å². The Balaban J connectivity index is 2.27. The summed E-state index contributed by atoms with van der Waals surface area (Å²) in [6, 6.07) is 13.0. The molecule has 6 nitrogen and oxygen atoms in total. The highest BCUT2D eigenvalue weighted by atomic mass is 16.1. The predicted molar refractivity (Wildman–Crippen MR) is 82.0 cm³/mol. The van der Waals surface area contributed by atoms with E-state index < -0.39 is 0 Å². The molecule has 0 aliphatic rings. The van der Waals surface area contributed by atoms with Crippen LogP contribution in [-0.4, -0.2) is 27.0 Å². The molecule has 0 atom stereocenters. The number of hydrogen-bond donors (Lipinski definition) is 2. The zero-order chi connectivity index (χ0) is 14.8. The number of rotatable bonds is 3. The van der Waals surface area contributed by atoms with E-state index in [0.29, 0.717) is 5.69 Å². The summed E-state index contributed by atoms with van der Waals surface area (Å²) < 4.78 is 1.77. The average molecular weight is 281 g/mol. The first-order valence-electron chi connectivity index (χ1n) is 6.57. The molecule has 1 aromatic carbocycles. The van der Waals surface area contributed by atoms with Crippen molar-refractivity contribution in [2.75, 3.05) is 12.4 Å². The normalized spacial score (nSPS) is 10.6. The van der Waals surface area contributed by atoms with Gasteiger partial charge in [0.05, 0.1) is 11.3 Å². The zero-order valence-corrected chi connectivity index (χ0v) is 11.8. The Morgan fingerprint density at radius 1 is 1.14 bits per heavy atom. The number of nitrogens with zero attached hydrogens (tertiary/aromatic N) is 3. The molecule has 3 aromatic rings. The van der Waals surface area contributed by atoms with Gasteiger partial charge < -0.3 is 5.32 Å². The van der Waals surface area contributed by atoms with Crippen molar-refractivity contribution in [2.45, 2.75) is 0 Å². The molecule has 0 saturated heterocycles. The van der Waals surface area contributed by atoms with Crippen molar-refractivity contribution in [3.63, 3.8) is 0 Å². The topological polar surface area (TPSA) is 75.6 Å². The summed E-state index contributed by atoms with van der Waals surface area (Å²) in [5.74, 6) is 0.841. The third kappa shape index (κ3) is 2.31. The van der Waals surface area contributed by atoms with Crippen LogP contribution in [0, 0.1) is 0 Å². The van der Waals surface area contributed by atoms with Gasteiger partial charge in [0, 0.05) is 25.7 Å². The molecule has 2 N–H and O–H groups in total. The van der Waals surface area contributed by atoms with Gasteiger partial charge in [-0.05, 0) is 6.07 Å². The van der Waals surface area contributed by atoms with Crippen molar-refractivity contribution < 1.29 is 0 Å². The molecular formula is C15H15N5O. The Labute approximate surface area is 121 Å². The van der Waals surface area contributed by atoms with Crippen LogP contribution in [0.15, 0.2) is 47.3 Å². The van der Waals surface area contributed by atoms with Crippen molar-refractivity contribution in [3.05, 3.63) is 52.8 Å². The Hall–Kier alpha value is -2.89. The Kier molecular flexibility index (Phi) is 3.27. The fourth-order valence-electron chi connectivity index (χ4n) is 2.34. The van der Waals surface area contributed by atoms with Gasteiger partial charge in [0.15, 0.2) is 0 Å². The Bertz CT molecular complexity index is 799. The van der Waals surface area contributed by atoms with E-state index in [1.807, 2.05) is 44.4 Å². The maximum Gasteiger partial charge on any atom is 0.264 e. The van der Waals surface area contributed by atoms with E-state index in [2.05, 4.69) is 20.6 Å². The van der Waals surface area contributed by atoms with E-state index in [9.17, 15) is 4.79 Å². The first kappa shape index (κ1) is 13.1. The van der Waals surface area contributed by atoms with E-state index in [0.717, 1.165) is 22.6 Å². The molecule has 0 spiro atoms. The third-order valence-corrected chi connectivity index (χ3v) is 3.27. The molecular weight excluding hydrogens is 266 g/mol. The second-order valence-electron chi connectivity index (χ2n) is 4.62. The highest BCUT2D eigenvalue weighted by molar-refractivity contribution is 5.87. The van der Waals surface area contributed by atoms with E-state index in [1.165, 1.54) is 6.07 Å². The van der Waals surface area contributed by atoms with E-state index >= 15 is 0 Å². The number of H-pyrrole nitrogens is 1. The molecule has 0 unspecified atom stereocenters. The molecule has 3 rings (SSSR count). The number of aromatic nitrogens is 4. The second-order valence-corrected chi connectivity index (χ2v) is 4.62. The van der Waals surface area contributed by atoms with Gasteiger partial charge >= 0.3 is 0 Å². The average Bonchev–Trinajstić information content (AvgIpc) is 2.85. The van der Waals surface area contributed by atoms with Gasteiger partial charge in [-0.3, -0.25) is 9.48 Å². The van der Waals surface area contributed by atoms with Gasteiger partial charge in [-0.15, -0.1) is 0 Å². The van der Waals surface area contributed by atoms with Crippen LogP contribution >= 0.6 is 0 Å². The molecule has 0 amide bonds. The molecule has 0 aliphatic heterocycles. The molecule has 2 aromatic heterocycles. The van der Waals surface area contributed by atoms with E-state index in [4.69, 9.17) is 0 Å². The lowest BCUT2D eigenvalue weighted by Gasteiger charge is -2.05. The maximum absolute atomic E-state index is 11.2. The highest BCUT2D eigenvalue weighted by Gasteiger charge is 2.19. The summed E-state index contributed by atoms with van der Waals surface area (Å²) in [4.78, 5) is 11.2. The maximum atomic E-state index is 11.2. The summed E-state index contributed by atoms with van der Waals surface area (Å²) in [6.45, 7) is 0. The summed E-state index contributed by atoms with van der Waals surface area (Å²) in [6.07, 6.45) is 0. The molecule has 0 fully saturated rings. The summed E-state index contributed by atoms with van der Waals surface area (Å²) in [7, 11) is 3.70. The molecule has 0 saturated carbocycles. The first-order chi connectivity index (χ1) is 10.2. The van der Waals surface area contributed by atoms with Gasteiger partial charge in [0.2, 0.25) is 0 Å². The van der Waals surface area contributed by atoms with Crippen LogP contribution in [0.25, 0.3) is 22.5 Å². The number of anilines is 1. The quantitative estimate of drug-likeness (QED) is 0.768. The highest BCUT2D eigenvalue weighted by Crippen LogP contribution is 2.35. The lowest BCUT2D eigenvalue weighted by atomic mass is 10.0. The molecule has 2 heterocycles. The number of nitrogens with one attached hydrogen (secondary N) is 2. The minimum atomic E-state index is -0.227. The van der Waals surface area contributed by atoms with Crippen LogP contribution in [0.3, 0.4) is 0 Å². The van der Waals surface area contributed by atoms with E-state index in [1.54, 1.807) is 10.7 Å². The summed E-state index contributed by atoms with van der Waals surface area (Å²) in [5, 5.41) is 14.3. The van der Waals surface area contributed by atoms with Crippen LogP contribution in [-0.2, 0) is 7.05 Å². The first-order valence-corrected chi connectivity index (χ1v) is 6.57. The van der Waals surface area contributed by atoms with Gasteiger partial charge in [0.25, 0.3) is 5.56 Å². The summed E-state index contributed by atoms with van der Waals surface area (Å²) in [5.41, 5.74) is 3.13. The fraction of sp³-hybridized carbons (Fsp3) is 0.133. The monoisotopic (exact) mass is 281 g/mol. The Morgan fingerprint density at radius 2 is 1.90 bits per heavy atom. The van der Waals surface area contributed by atoms with Crippen LogP contribution < -0.4 is 10.9 Å². The van der Waals surface area contributed by atoms with Gasteiger partial charge in [-0.1, -0.05) is 30.3 Å². The molecule has 0 aliphatic carbocycles. The third-order valence-electron chi connectivity index (χ3n) is 3.27. The molecule has 0 radical (unpaired) electrons. The molecule has 21 heavy (non-hydrogen) atoms. The van der Waals surface area contributed by atoms with Gasteiger partial charge in [0.1, 0.15) is 11.5 Å². The fourth-order valence-corrected chi connectivity index (χ4v) is 2.34. The van der Waals surface area contributed by atoms with Crippen LogP contribution in [0.5, 0.6) is 0 Å². The van der Waals surface area contributed by atoms with Crippen molar-refractivity contribution in [1.29, 1.82) is 0 Å². The number of hydrogen-bond acceptors (Lipinski definition) is 4. The lowest BCUT2D eigenvalue weighted by molar-refractivity contribution is 0.778. The summed E-state index contributed by atoms with van der Waals surface area (Å²) >= 11 is 0. The van der Waals surface area contributed by atoms with Crippen LogP contribution in [0.4, 0.5) is 5.82 Å². The van der Waals surface area contributed by atoms with Gasteiger partial charge in [-0.25, -0.2) is 5.10 Å². The minimum absolute atomic E-state index is 0.227. The standard InChI is InChI=1S/C15H15N5O/c1-16-15-13(11-8-9-12(21)18-17-11)14(19-20(15)2)10-6-4-3-5-7-10/h3-9,16H,1-2H3,(H,18,21). The number of benzene rings is 1. The van der Waals surface area contributed by atoms with Crippen molar-refractivity contribution in [3.8, 4) is 22.5 Å². The Morgan fingerprint density at radius 3 is 2.52 bits per heavy atom. The number of aryl methyl sites for hydroxylation is 1. The van der Waals surface area contributed by atoms with E-state index in [-0.39, 0.29) is 5.56 Å². The number of aromatic amines is 1. The second kappa shape index (κ2) is 5.24. The molecule has 0 bridgehead atoms. The SMILES string of the molecule is CNc1c(-c2ccc(=O)[nH]n2)c(-c2ccccc2)nn1C. The van der Waals surface area contributed by atoms with Gasteiger partial charge in [-0.2, -0.15) is 10.2 Å². The molecule has 6 heteroatoms. The van der Waals surface area contributed by atoms with Crippen molar-refractivity contribution >= 4 is 5.82 Å². The lowest BCUT2D eigenvalue weighted by Crippen LogP contribution is -2.06. The molecule has 106 valence electrons. The smallest absolute Gasteiger partial charge is 0.264 e. The van der Waals surface area contributed by atoms with Crippen molar-refractivity contribution in [1.82, 2.24) is 20.0 Å².